The first-order valence-corrected chi connectivity index (χ1v) is 7.04. The predicted molar refractivity (Wildman–Crippen MR) is 76.5 cm³/mol. The fourth-order valence-corrected chi connectivity index (χ4v) is 1.86. The van der Waals surface area contributed by atoms with E-state index >= 15 is 0 Å². The number of ether oxygens (including phenoxy) is 1. The van der Waals surface area contributed by atoms with Crippen LogP contribution in [0, 0.1) is 0 Å². The Morgan fingerprint density at radius 2 is 2.00 bits per heavy atom. The standard InChI is InChI=1S/C14H22F3N3O3/c1-12(2,3)23-9-10(21)18-6-5-13(22,14(15,16)17)11-19-7-8-20(11)4/h7-8,22H,5-6,9H2,1-4H3,(H,18,21). The number of alkyl halides is 3. The fourth-order valence-electron chi connectivity index (χ4n) is 1.86. The van der Waals surface area contributed by atoms with Gasteiger partial charge in [0.05, 0.1) is 5.60 Å². The Morgan fingerprint density at radius 3 is 2.43 bits per heavy atom. The summed E-state index contributed by atoms with van der Waals surface area (Å²) in [6, 6.07) is 0. The van der Waals surface area contributed by atoms with E-state index in [4.69, 9.17) is 4.74 Å². The number of amides is 1. The van der Waals surface area contributed by atoms with Gasteiger partial charge in [0.1, 0.15) is 12.4 Å². The normalized spacial score (nSPS) is 15.3. The van der Waals surface area contributed by atoms with Crippen molar-refractivity contribution in [2.75, 3.05) is 13.2 Å². The van der Waals surface area contributed by atoms with Crippen LogP contribution < -0.4 is 5.32 Å². The van der Waals surface area contributed by atoms with Crippen molar-refractivity contribution in [2.24, 2.45) is 7.05 Å². The van der Waals surface area contributed by atoms with Crippen LogP contribution in [0.2, 0.25) is 0 Å². The summed E-state index contributed by atoms with van der Waals surface area (Å²) in [4.78, 5) is 15.1. The lowest BCUT2D eigenvalue weighted by Crippen LogP contribution is -2.47. The first kappa shape index (κ1) is 19.4. The minimum atomic E-state index is -4.92. The zero-order valence-corrected chi connectivity index (χ0v) is 13.6. The topological polar surface area (TPSA) is 76.4 Å². The highest BCUT2D eigenvalue weighted by Crippen LogP contribution is 2.40. The van der Waals surface area contributed by atoms with Gasteiger partial charge >= 0.3 is 6.18 Å². The molecule has 1 unspecified atom stereocenters. The van der Waals surface area contributed by atoms with Gasteiger partial charge < -0.3 is 19.7 Å². The second kappa shape index (κ2) is 6.88. The summed E-state index contributed by atoms with van der Waals surface area (Å²) in [5, 5.41) is 12.4. The van der Waals surface area contributed by atoms with Crippen LogP contribution in [0.25, 0.3) is 0 Å². The molecule has 0 aromatic carbocycles. The van der Waals surface area contributed by atoms with Gasteiger partial charge in [0.15, 0.2) is 0 Å². The molecular weight excluding hydrogens is 315 g/mol. The molecule has 1 heterocycles. The Hall–Kier alpha value is -1.61. The lowest BCUT2D eigenvalue weighted by atomic mass is 9.97. The minimum absolute atomic E-state index is 0.268. The molecule has 0 fully saturated rings. The van der Waals surface area contributed by atoms with E-state index in [2.05, 4.69) is 10.3 Å². The summed E-state index contributed by atoms with van der Waals surface area (Å²) >= 11 is 0. The van der Waals surface area contributed by atoms with E-state index in [1.54, 1.807) is 20.8 Å². The van der Waals surface area contributed by atoms with E-state index in [9.17, 15) is 23.1 Å². The average molecular weight is 337 g/mol. The largest absolute Gasteiger partial charge is 0.424 e. The summed E-state index contributed by atoms with van der Waals surface area (Å²) in [6.45, 7) is 4.63. The van der Waals surface area contributed by atoms with Crippen molar-refractivity contribution in [3.63, 3.8) is 0 Å². The smallest absolute Gasteiger partial charge is 0.374 e. The fraction of sp³-hybridized carbons (Fsp3) is 0.714. The summed E-state index contributed by atoms with van der Waals surface area (Å²) in [7, 11) is 1.36. The maximum absolute atomic E-state index is 13.2. The van der Waals surface area contributed by atoms with Crippen molar-refractivity contribution in [2.45, 2.75) is 44.6 Å². The third-order valence-electron chi connectivity index (χ3n) is 3.11. The van der Waals surface area contributed by atoms with Crippen LogP contribution in [-0.2, 0) is 22.2 Å². The molecule has 1 atom stereocenters. The Bertz CT molecular complexity index is 537. The lowest BCUT2D eigenvalue weighted by Gasteiger charge is -2.30. The molecule has 0 saturated heterocycles. The number of imidazole rings is 1. The lowest BCUT2D eigenvalue weighted by molar-refractivity contribution is -0.272. The maximum atomic E-state index is 13.2. The van der Waals surface area contributed by atoms with Crippen molar-refractivity contribution >= 4 is 5.91 Å². The molecule has 1 aromatic rings. The first-order valence-electron chi connectivity index (χ1n) is 7.04. The van der Waals surface area contributed by atoms with Gasteiger partial charge in [-0.1, -0.05) is 0 Å². The van der Waals surface area contributed by atoms with Crippen molar-refractivity contribution < 1.29 is 27.8 Å². The second-order valence-corrected chi connectivity index (χ2v) is 6.22. The number of hydrogen-bond donors (Lipinski definition) is 2. The molecule has 1 amide bonds. The van der Waals surface area contributed by atoms with Crippen molar-refractivity contribution in [1.82, 2.24) is 14.9 Å². The molecule has 0 aliphatic heterocycles. The molecule has 0 aliphatic rings. The van der Waals surface area contributed by atoms with Gasteiger partial charge in [0.2, 0.25) is 11.5 Å². The number of hydrogen-bond acceptors (Lipinski definition) is 4. The van der Waals surface area contributed by atoms with Crippen LogP contribution in [-0.4, -0.2) is 45.5 Å². The Kier molecular flexibility index (Phi) is 5.81. The number of halogens is 3. The highest BCUT2D eigenvalue weighted by atomic mass is 19.4. The monoisotopic (exact) mass is 337 g/mol. The SMILES string of the molecule is Cn1ccnc1C(O)(CCNC(=O)COC(C)(C)C)C(F)(F)F. The molecule has 9 heteroatoms. The number of nitrogens with one attached hydrogen (secondary N) is 1. The van der Waals surface area contributed by atoms with Gasteiger partial charge in [-0.25, -0.2) is 4.98 Å². The molecule has 23 heavy (non-hydrogen) atoms. The molecule has 0 spiro atoms. The molecule has 0 bridgehead atoms. The number of carbonyl (C=O) groups excluding carboxylic acids is 1. The third-order valence-corrected chi connectivity index (χ3v) is 3.11. The molecule has 0 saturated carbocycles. The van der Waals surface area contributed by atoms with E-state index in [-0.39, 0.29) is 13.2 Å². The minimum Gasteiger partial charge on any atom is -0.374 e. The molecular formula is C14H22F3N3O3. The number of nitrogens with zero attached hydrogens (tertiary/aromatic N) is 2. The Labute approximate surface area is 132 Å². The van der Waals surface area contributed by atoms with Crippen LogP contribution in [0.1, 0.15) is 33.0 Å². The summed E-state index contributed by atoms with van der Waals surface area (Å²) in [5.41, 5.74) is -3.67. The molecule has 1 aromatic heterocycles. The van der Waals surface area contributed by atoms with Gasteiger partial charge in [-0.3, -0.25) is 4.79 Å². The number of carbonyl (C=O) groups is 1. The van der Waals surface area contributed by atoms with Crippen molar-refractivity contribution in [1.29, 1.82) is 0 Å². The molecule has 0 radical (unpaired) electrons. The highest BCUT2D eigenvalue weighted by Gasteiger charge is 2.57. The van der Waals surface area contributed by atoms with E-state index in [0.717, 1.165) is 4.57 Å². The van der Waals surface area contributed by atoms with Crippen molar-refractivity contribution in [3.05, 3.63) is 18.2 Å². The van der Waals surface area contributed by atoms with Crippen LogP contribution in [0.3, 0.4) is 0 Å². The Morgan fingerprint density at radius 1 is 1.39 bits per heavy atom. The van der Waals surface area contributed by atoms with Crippen LogP contribution in [0.5, 0.6) is 0 Å². The van der Waals surface area contributed by atoms with E-state index in [1.807, 2.05) is 0 Å². The number of aryl methyl sites for hydroxylation is 1. The zero-order chi connectivity index (χ0) is 17.9. The second-order valence-electron chi connectivity index (χ2n) is 6.22. The molecule has 2 N–H and O–H groups in total. The van der Waals surface area contributed by atoms with Crippen LogP contribution in [0.4, 0.5) is 13.2 Å². The van der Waals surface area contributed by atoms with Gasteiger partial charge in [0, 0.05) is 32.4 Å². The maximum Gasteiger partial charge on any atom is 0.424 e. The molecule has 0 aliphatic carbocycles. The van der Waals surface area contributed by atoms with Crippen LogP contribution >= 0.6 is 0 Å². The van der Waals surface area contributed by atoms with Gasteiger partial charge in [0.25, 0.3) is 0 Å². The molecule has 1 rings (SSSR count). The first-order chi connectivity index (χ1) is 10.4. The number of rotatable bonds is 6. The van der Waals surface area contributed by atoms with Gasteiger partial charge in [-0.05, 0) is 20.8 Å². The predicted octanol–water partition coefficient (Wildman–Crippen LogP) is 1.49. The molecule has 132 valence electrons. The Balaban J connectivity index is 2.68. The summed E-state index contributed by atoms with van der Waals surface area (Å²) in [6.07, 6.45) is -3.19. The van der Waals surface area contributed by atoms with Gasteiger partial charge in [-0.2, -0.15) is 13.2 Å². The quantitative estimate of drug-likeness (QED) is 0.825. The number of aliphatic hydroxyl groups is 1. The van der Waals surface area contributed by atoms with Gasteiger partial charge in [-0.15, -0.1) is 0 Å². The summed E-state index contributed by atoms with van der Waals surface area (Å²) < 4.78 is 46.0. The summed E-state index contributed by atoms with van der Waals surface area (Å²) in [5.74, 6) is -1.07. The van der Waals surface area contributed by atoms with E-state index in [0.29, 0.717) is 0 Å². The van der Waals surface area contributed by atoms with E-state index in [1.165, 1.54) is 19.4 Å². The van der Waals surface area contributed by atoms with Crippen LogP contribution in [0.15, 0.2) is 12.4 Å². The third kappa shape index (κ3) is 5.21. The van der Waals surface area contributed by atoms with Crippen molar-refractivity contribution in [3.8, 4) is 0 Å². The average Bonchev–Trinajstić information content (AvgIpc) is 2.80. The van der Waals surface area contributed by atoms with E-state index < -0.39 is 35.5 Å². The molecule has 6 nitrogen and oxygen atoms in total. The zero-order valence-electron chi connectivity index (χ0n) is 13.6. The highest BCUT2D eigenvalue weighted by molar-refractivity contribution is 5.77. The number of aromatic nitrogens is 2.